The normalized spacial score (nSPS) is 10.6. The van der Waals surface area contributed by atoms with Gasteiger partial charge in [0.15, 0.2) is 0 Å². The highest BCUT2D eigenvalue weighted by molar-refractivity contribution is 6.33. The van der Waals surface area contributed by atoms with Crippen molar-refractivity contribution in [2.24, 2.45) is 0 Å². The molecule has 0 saturated carbocycles. The largest absolute Gasteiger partial charge is 0.481 e. The number of rotatable bonds is 4. The smallest absolute Gasteiger partial charge is 0.305 e. The van der Waals surface area contributed by atoms with Crippen molar-refractivity contribution in [2.45, 2.75) is 19.9 Å². The Morgan fingerprint density at radius 3 is 2.78 bits per heavy atom. The minimum atomic E-state index is -0.829. The van der Waals surface area contributed by atoms with Crippen LogP contribution in [0.5, 0.6) is 0 Å². The van der Waals surface area contributed by atoms with Crippen LogP contribution in [0.2, 0.25) is 5.02 Å². The molecule has 0 unspecified atom stereocenters. The Kier molecular flexibility index (Phi) is 3.67. The summed E-state index contributed by atoms with van der Waals surface area (Å²) < 4.78 is 1.69. The molecule has 0 aliphatic carbocycles. The lowest BCUT2D eigenvalue weighted by Gasteiger charge is -2.05. The number of aromatic nitrogens is 2. The van der Waals surface area contributed by atoms with E-state index < -0.39 is 5.97 Å². The van der Waals surface area contributed by atoms with E-state index in [2.05, 4.69) is 5.10 Å². The number of aryl methyl sites for hydroxylation is 1. The first-order chi connectivity index (χ1) is 8.59. The van der Waals surface area contributed by atoms with E-state index in [4.69, 9.17) is 16.7 Å². The molecule has 0 radical (unpaired) electrons. The molecule has 18 heavy (non-hydrogen) atoms. The number of halogens is 1. The van der Waals surface area contributed by atoms with Gasteiger partial charge in [-0.3, -0.25) is 9.48 Å². The summed E-state index contributed by atoms with van der Waals surface area (Å²) in [7, 11) is 0. The van der Waals surface area contributed by atoms with Crippen LogP contribution in [0.3, 0.4) is 0 Å². The minimum Gasteiger partial charge on any atom is -0.481 e. The van der Waals surface area contributed by atoms with Crippen LogP contribution in [0.25, 0.3) is 11.1 Å². The third-order valence-corrected chi connectivity index (χ3v) is 3.13. The van der Waals surface area contributed by atoms with E-state index in [0.29, 0.717) is 11.6 Å². The van der Waals surface area contributed by atoms with Crippen molar-refractivity contribution in [3.05, 3.63) is 41.2 Å². The molecule has 0 spiro atoms. The third kappa shape index (κ3) is 2.54. The average molecular weight is 265 g/mol. The molecule has 1 heterocycles. The molecule has 1 aromatic heterocycles. The SMILES string of the molecule is Cc1c(-c2ccccc2Cl)cnn1CCC(=O)O. The Morgan fingerprint density at radius 1 is 1.39 bits per heavy atom. The van der Waals surface area contributed by atoms with Gasteiger partial charge >= 0.3 is 5.97 Å². The van der Waals surface area contributed by atoms with Gasteiger partial charge in [0.2, 0.25) is 0 Å². The number of carboxylic acids is 1. The summed E-state index contributed by atoms with van der Waals surface area (Å²) in [6.07, 6.45) is 1.78. The van der Waals surface area contributed by atoms with E-state index in [1.165, 1.54) is 0 Å². The van der Waals surface area contributed by atoms with Crippen molar-refractivity contribution < 1.29 is 9.90 Å². The van der Waals surface area contributed by atoms with Crippen molar-refractivity contribution in [3.63, 3.8) is 0 Å². The van der Waals surface area contributed by atoms with Crippen LogP contribution in [-0.4, -0.2) is 20.9 Å². The number of carbonyl (C=O) groups is 1. The van der Waals surface area contributed by atoms with Crippen molar-refractivity contribution >= 4 is 17.6 Å². The van der Waals surface area contributed by atoms with Crippen LogP contribution in [0.4, 0.5) is 0 Å². The first-order valence-corrected chi connectivity index (χ1v) is 5.96. The summed E-state index contributed by atoms with van der Waals surface area (Å²) in [5, 5.41) is 13.5. The molecule has 2 aromatic rings. The topological polar surface area (TPSA) is 55.1 Å². The van der Waals surface area contributed by atoms with Crippen LogP contribution < -0.4 is 0 Å². The lowest BCUT2D eigenvalue weighted by atomic mass is 10.1. The van der Waals surface area contributed by atoms with Gasteiger partial charge < -0.3 is 5.11 Å². The first-order valence-electron chi connectivity index (χ1n) is 5.58. The molecule has 1 N–H and O–H groups in total. The molecule has 0 fully saturated rings. The quantitative estimate of drug-likeness (QED) is 0.924. The van der Waals surface area contributed by atoms with Gasteiger partial charge in [-0.15, -0.1) is 0 Å². The molecule has 5 heteroatoms. The molecule has 0 bridgehead atoms. The summed E-state index contributed by atoms with van der Waals surface area (Å²) in [4.78, 5) is 10.6. The monoisotopic (exact) mass is 264 g/mol. The second-order valence-corrected chi connectivity index (χ2v) is 4.40. The fourth-order valence-corrected chi connectivity index (χ4v) is 2.06. The average Bonchev–Trinajstić information content (AvgIpc) is 2.69. The highest BCUT2D eigenvalue weighted by Gasteiger charge is 2.11. The Morgan fingerprint density at radius 2 is 2.11 bits per heavy atom. The number of nitrogens with zero attached hydrogens (tertiary/aromatic N) is 2. The fourth-order valence-electron chi connectivity index (χ4n) is 1.82. The predicted molar refractivity (Wildman–Crippen MR) is 69.7 cm³/mol. The van der Waals surface area contributed by atoms with Gasteiger partial charge in [0, 0.05) is 21.8 Å². The van der Waals surface area contributed by atoms with Crippen LogP contribution in [0.1, 0.15) is 12.1 Å². The summed E-state index contributed by atoms with van der Waals surface area (Å²) in [6.45, 7) is 2.28. The maximum atomic E-state index is 10.6. The van der Waals surface area contributed by atoms with Crippen LogP contribution >= 0.6 is 11.6 Å². The molecular weight excluding hydrogens is 252 g/mol. The van der Waals surface area contributed by atoms with E-state index in [-0.39, 0.29) is 6.42 Å². The molecule has 0 aliphatic rings. The number of carboxylic acid groups (broad SMARTS) is 1. The zero-order valence-corrected chi connectivity index (χ0v) is 10.7. The summed E-state index contributed by atoms with van der Waals surface area (Å²) in [5.41, 5.74) is 2.77. The van der Waals surface area contributed by atoms with Gasteiger partial charge in [-0.25, -0.2) is 0 Å². The van der Waals surface area contributed by atoms with Gasteiger partial charge in [0.25, 0.3) is 0 Å². The molecule has 4 nitrogen and oxygen atoms in total. The Bertz CT molecular complexity index is 578. The highest BCUT2D eigenvalue weighted by Crippen LogP contribution is 2.29. The van der Waals surface area contributed by atoms with Gasteiger partial charge in [-0.2, -0.15) is 5.10 Å². The van der Waals surface area contributed by atoms with E-state index in [1.807, 2.05) is 31.2 Å². The highest BCUT2D eigenvalue weighted by atomic mass is 35.5. The fraction of sp³-hybridized carbons (Fsp3) is 0.231. The number of aliphatic carboxylic acids is 1. The molecule has 0 aliphatic heterocycles. The van der Waals surface area contributed by atoms with Gasteiger partial charge in [0.1, 0.15) is 0 Å². The van der Waals surface area contributed by atoms with Gasteiger partial charge in [-0.05, 0) is 13.0 Å². The Labute approximate surface area is 110 Å². The zero-order valence-electron chi connectivity index (χ0n) is 9.93. The number of hydrogen-bond donors (Lipinski definition) is 1. The van der Waals surface area contributed by atoms with Crippen LogP contribution in [-0.2, 0) is 11.3 Å². The van der Waals surface area contributed by atoms with E-state index in [9.17, 15) is 4.79 Å². The predicted octanol–water partition coefficient (Wildman–Crippen LogP) is 2.99. The van der Waals surface area contributed by atoms with Crippen LogP contribution in [0, 0.1) is 6.92 Å². The minimum absolute atomic E-state index is 0.0600. The zero-order chi connectivity index (χ0) is 13.1. The second kappa shape index (κ2) is 5.23. The Hall–Kier alpha value is -1.81. The van der Waals surface area contributed by atoms with Crippen molar-refractivity contribution in [1.82, 2.24) is 9.78 Å². The maximum Gasteiger partial charge on any atom is 0.305 e. The van der Waals surface area contributed by atoms with E-state index in [1.54, 1.807) is 10.9 Å². The maximum absolute atomic E-state index is 10.6. The molecule has 0 saturated heterocycles. The lowest BCUT2D eigenvalue weighted by Crippen LogP contribution is -2.07. The van der Waals surface area contributed by atoms with E-state index in [0.717, 1.165) is 16.8 Å². The standard InChI is InChI=1S/C13H13ClN2O2/c1-9-11(10-4-2-3-5-12(10)14)8-15-16(9)7-6-13(17)18/h2-5,8H,6-7H2,1H3,(H,17,18). The van der Waals surface area contributed by atoms with Gasteiger partial charge in [0.05, 0.1) is 19.2 Å². The number of benzene rings is 1. The molecule has 1 aromatic carbocycles. The molecular formula is C13H13ClN2O2. The third-order valence-electron chi connectivity index (χ3n) is 2.80. The summed E-state index contributed by atoms with van der Waals surface area (Å²) in [5.74, 6) is -0.829. The molecule has 0 atom stereocenters. The summed E-state index contributed by atoms with van der Waals surface area (Å²) in [6, 6.07) is 7.53. The second-order valence-electron chi connectivity index (χ2n) is 3.99. The molecule has 0 amide bonds. The van der Waals surface area contributed by atoms with Gasteiger partial charge in [-0.1, -0.05) is 29.8 Å². The summed E-state index contributed by atoms with van der Waals surface area (Å²) >= 11 is 6.14. The lowest BCUT2D eigenvalue weighted by molar-refractivity contribution is -0.137. The van der Waals surface area contributed by atoms with E-state index >= 15 is 0 Å². The van der Waals surface area contributed by atoms with Crippen molar-refractivity contribution in [1.29, 1.82) is 0 Å². The van der Waals surface area contributed by atoms with Crippen LogP contribution in [0.15, 0.2) is 30.5 Å². The van der Waals surface area contributed by atoms with Crippen molar-refractivity contribution in [3.8, 4) is 11.1 Å². The van der Waals surface area contributed by atoms with Crippen molar-refractivity contribution in [2.75, 3.05) is 0 Å². The molecule has 94 valence electrons. The number of hydrogen-bond acceptors (Lipinski definition) is 2. The Balaban J connectivity index is 2.31. The first kappa shape index (κ1) is 12.6. The molecule has 2 rings (SSSR count).